The van der Waals surface area contributed by atoms with E-state index < -0.39 is 23.3 Å². The van der Waals surface area contributed by atoms with Crippen LogP contribution in [0, 0.1) is 17.6 Å². The molecule has 3 heterocycles. The molecule has 0 spiro atoms. The molecule has 0 radical (unpaired) electrons. The Morgan fingerprint density at radius 3 is 2.42 bits per heavy atom. The molecule has 1 N–H and O–H groups in total. The zero-order valence-electron chi connectivity index (χ0n) is 21.0. The number of nitrogens with one attached hydrogen (secondary N) is 1. The van der Waals surface area contributed by atoms with E-state index in [4.69, 9.17) is 4.74 Å². The molecule has 0 amide bonds. The molecule has 36 heavy (non-hydrogen) atoms. The summed E-state index contributed by atoms with van der Waals surface area (Å²) in [5, 5.41) is 1.02. The van der Waals surface area contributed by atoms with Crippen LogP contribution in [0.5, 0.6) is 5.75 Å². The number of rotatable bonds is 8. The number of halogens is 4. The van der Waals surface area contributed by atoms with Gasteiger partial charge in [-0.1, -0.05) is 25.1 Å². The van der Waals surface area contributed by atoms with E-state index in [0.29, 0.717) is 31.9 Å². The van der Waals surface area contributed by atoms with E-state index in [1.54, 1.807) is 0 Å². The van der Waals surface area contributed by atoms with Crippen LogP contribution in [-0.4, -0.2) is 66.5 Å². The van der Waals surface area contributed by atoms with Crippen LogP contribution in [-0.2, 0) is 0 Å². The van der Waals surface area contributed by atoms with Gasteiger partial charge >= 0.3 is 0 Å². The fourth-order valence-electron chi connectivity index (χ4n) is 5.78. The van der Waals surface area contributed by atoms with Crippen LogP contribution in [0.4, 0.5) is 17.6 Å². The standard InChI is InChI=1S/C28H33F4N3O/c1-17-13-35(16-28(2,3)32)27(26-24(17)20-6-4-5-7-23(20)33-26)25-21(30)10-19(11-22(25)31)36-9-8-34-14-18(12-29)15-34/h4-7,10-11,17-18,27,33H,8-9,12-16H2,1-3H3/t17-,27+/m1/s1. The summed E-state index contributed by atoms with van der Waals surface area (Å²) in [7, 11) is 0. The first-order chi connectivity index (χ1) is 17.1. The van der Waals surface area contributed by atoms with Gasteiger partial charge in [-0.05, 0) is 31.4 Å². The minimum absolute atomic E-state index is 0.0314. The Balaban J connectivity index is 1.46. The van der Waals surface area contributed by atoms with Crippen molar-refractivity contribution in [3.63, 3.8) is 0 Å². The normalized spacial score (nSPS) is 21.5. The highest BCUT2D eigenvalue weighted by atomic mass is 19.1. The molecule has 2 atom stereocenters. The van der Waals surface area contributed by atoms with Gasteiger partial charge in [0.1, 0.15) is 29.7 Å². The average Bonchev–Trinajstić information content (AvgIpc) is 3.15. The van der Waals surface area contributed by atoms with E-state index in [0.717, 1.165) is 16.5 Å². The molecule has 2 aromatic carbocycles. The third-order valence-electron chi connectivity index (χ3n) is 7.25. The molecule has 1 saturated heterocycles. The third-order valence-corrected chi connectivity index (χ3v) is 7.25. The maximum atomic E-state index is 15.6. The van der Waals surface area contributed by atoms with E-state index in [1.807, 2.05) is 34.1 Å². The highest BCUT2D eigenvalue weighted by Gasteiger charge is 2.40. The van der Waals surface area contributed by atoms with E-state index in [-0.39, 0.29) is 43.0 Å². The quantitative estimate of drug-likeness (QED) is 0.384. The van der Waals surface area contributed by atoms with Crippen molar-refractivity contribution >= 4 is 10.9 Å². The Kier molecular flexibility index (Phi) is 6.76. The fraction of sp³-hybridized carbons (Fsp3) is 0.500. The number of para-hydroxylation sites is 1. The van der Waals surface area contributed by atoms with Gasteiger partial charge in [0, 0.05) is 72.9 Å². The summed E-state index contributed by atoms with van der Waals surface area (Å²) in [4.78, 5) is 7.26. The van der Waals surface area contributed by atoms with Crippen molar-refractivity contribution < 1.29 is 22.3 Å². The first kappa shape index (κ1) is 25.1. The topological polar surface area (TPSA) is 31.5 Å². The van der Waals surface area contributed by atoms with Crippen LogP contribution in [0.3, 0.4) is 0 Å². The molecule has 0 aliphatic carbocycles. The summed E-state index contributed by atoms with van der Waals surface area (Å²) in [5.41, 5.74) is 0.951. The maximum Gasteiger partial charge on any atom is 0.135 e. The van der Waals surface area contributed by atoms with Crippen molar-refractivity contribution in [3.05, 3.63) is 64.9 Å². The summed E-state index contributed by atoms with van der Waals surface area (Å²) in [6.45, 7) is 7.37. The van der Waals surface area contributed by atoms with Crippen LogP contribution in [0.25, 0.3) is 10.9 Å². The lowest BCUT2D eigenvalue weighted by molar-refractivity contribution is 0.0667. The molecular formula is C28H33F4N3O. The zero-order chi connectivity index (χ0) is 25.6. The summed E-state index contributed by atoms with van der Waals surface area (Å²) >= 11 is 0. The second kappa shape index (κ2) is 9.71. The molecule has 8 heteroatoms. The predicted molar refractivity (Wildman–Crippen MR) is 133 cm³/mol. The van der Waals surface area contributed by atoms with Gasteiger partial charge in [-0.15, -0.1) is 0 Å². The number of hydrogen-bond donors (Lipinski definition) is 1. The van der Waals surface area contributed by atoms with E-state index in [2.05, 4.69) is 11.9 Å². The maximum absolute atomic E-state index is 15.6. The van der Waals surface area contributed by atoms with Gasteiger partial charge in [0.05, 0.1) is 12.7 Å². The summed E-state index contributed by atoms with van der Waals surface area (Å²) in [6, 6.07) is 9.42. The SMILES string of the molecule is C[C@@H]1CN(CC(C)(C)F)[C@@H](c2c(F)cc(OCCN3CC(CF)C3)cc2F)c2[nH]c3ccccc3c21. The molecule has 1 fully saturated rings. The first-order valence-corrected chi connectivity index (χ1v) is 12.6. The molecule has 0 unspecified atom stereocenters. The minimum Gasteiger partial charge on any atom is -0.492 e. The largest absolute Gasteiger partial charge is 0.492 e. The van der Waals surface area contributed by atoms with Crippen molar-refractivity contribution in [3.8, 4) is 5.75 Å². The molecule has 5 rings (SSSR count). The van der Waals surface area contributed by atoms with Crippen molar-refractivity contribution in [2.24, 2.45) is 5.92 Å². The predicted octanol–water partition coefficient (Wildman–Crippen LogP) is 5.98. The van der Waals surface area contributed by atoms with Gasteiger partial charge in [0.2, 0.25) is 0 Å². The van der Waals surface area contributed by atoms with E-state index in [9.17, 15) is 8.78 Å². The number of H-pyrrole nitrogens is 1. The fourth-order valence-corrected chi connectivity index (χ4v) is 5.78. The van der Waals surface area contributed by atoms with Crippen molar-refractivity contribution in [2.45, 2.75) is 38.4 Å². The zero-order valence-corrected chi connectivity index (χ0v) is 21.0. The summed E-state index contributed by atoms with van der Waals surface area (Å²) in [5.74, 6) is -1.21. The lowest BCUT2D eigenvalue weighted by Gasteiger charge is -2.41. The smallest absolute Gasteiger partial charge is 0.135 e. The summed E-state index contributed by atoms with van der Waals surface area (Å²) < 4.78 is 64.3. The molecule has 3 aromatic rings. The van der Waals surface area contributed by atoms with Gasteiger partial charge in [-0.2, -0.15) is 0 Å². The van der Waals surface area contributed by atoms with Crippen LogP contribution < -0.4 is 4.74 Å². The van der Waals surface area contributed by atoms with E-state index in [1.165, 1.54) is 26.0 Å². The second-order valence-electron chi connectivity index (χ2n) is 10.9. The number of likely N-dealkylation sites (tertiary alicyclic amines) is 1. The van der Waals surface area contributed by atoms with Gasteiger partial charge in [0.25, 0.3) is 0 Å². The van der Waals surface area contributed by atoms with Gasteiger partial charge in [-0.3, -0.25) is 14.2 Å². The number of fused-ring (bicyclic) bond motifs is 3. The highest BCUT2D eigenvalue weighted by molar-refractivity contribution is 5.86. The number of aromatic nitrogens is 1. The molecule has 2 aliphatic rings. The van der Waals surface area contributed by atoms with Crippen LogP contribution in [0.2, 0.25) is 0 Å². The van der Waals surface area contributed by atoms with Crippen LogP contribution in [0.15, 0.2) is 36.4 Å². The molecule has 4 nitrogen and oxygen atoms in total. The molecular weight excluding hydrogens is 470 g/mol. The Morgan fingerprint density at radius 2 is 1.75 bits per heavy atom. The van der Waals surface area contributed by atoms with Crippen molar-refractivity contribution in [1.29, 1.82) is 0 Å². The first-order valence-electron chi connectivity index (χ1n) is 12.6. The third kappa shape index (κ3) is 4.85. The monoisotopic (exact) mass is 503 g/mol. The lowest BCUT2D eigenvalue weighted by atomic mass is 9.85. The highest BCUT2D eigenvalue weighted by Crippen LogP contribution is 2.45. The summed E-state index contributed by atoms with van der Waals surface area (Å²) in [6.07, 6.45) is 0. The van der Waals surface area contributed by atoms with Gasteiger partial charge in [-0.25, -0.2) is 13.2 Å². The second-order valence-corrected chi connectivity index (χ2v) is 10.9. The number of benzene rings is 2. The number of ether oxygens (including phenoxy) is 1. The Bertz CT molecular complexity index is 1210. The van der Waals surface area contributed by atoms with Crippen molar-refractivity contribution in [1.82, 2.24) is 14.8 Å². The number of alkyl halides is 2. The van der Waals surface area contributed by atoms with Crippen LogP contribution >= 0.6 is 0 Å². The lowest BCUT2D eigenvalue weighted by Crippen LogP contribution is -2.49. The van der Waals surface area contributed by atoms with Gasteiger partial charge in [0.15, 0.2) is 0 Å². The average molecular weight is 504 g/mol. The molecule has 1 aromatic heterocycles. The molecule has 0 saturated carbocycles. The van der Waals surface area contributed by atoms with Gasteiger partial charge < -0.3 is 9.72 Å². The minimum atomic E-state index is -1.55. The number of nitrogens with zero attached hydrogens (tertiary/aromatic N) is 2. The Labute approximate surface area is 209 Å². The Morgan fingerprint density at radius 1 is 1.06 bits per heavy atom. The van der Waals surface area contributed by atoms with Crippen molar-refractivity contribution in [2.75, 3.05) is 46.0 Å². The number of aromatic amines is 1. The van der Waals surface area contributed by atoms with Crippen LogP contribution in [0.1, 0.15) is 49.6 Å². The molecule has 0 bridgehead atoms. The Hall–Kier alpha value is -2.58. The molecule has 194 valence electrons. The van der Waals surface area contributed by atoms with E-state index >= 15 is 8.78 Å². The number of hydrogen-bond acceptors (Lipinski definition) is 3. The molecule has 2 aliphatic heterocycles.